The van der Waals surface area contributed by atoms with Crippen LogP contribution >= 0.6 is 0 Å². The predicted molar refractivity (Wildman–Crippen MR) is 62.0 cm³/mol. The molecule has 2 aliphatic heterocycles. The molecule has 2 heterocycles. The van der Waals surface area contributed by atoms with Gasteiger partial charge in [-0.05, 0) is 38.3 Å². The molecule has 0 spiro atoms. The summed E-state index contributed by atoms with van der Waals surface area (Å²) >= 11 is 0. The van der Waals surface area contributed by atoms with E-state index >= 15 is 0 Å². The number of ether oxygens (including phenoxy) is 1. The van der Waals surface area contributed by atoms with Crippen LogP contribution in [-0.4, -0.2) is 50.3 Å². The van der Waals surface area contributed by atoms with Crippen molar-refractivity contribution in [3.05, 3.63) is 0 Å². The quantitative estimate of drug-likeness (QED) is 0.742. The Kier molecular flexibility index (Phi) is 4.00. The van der Waals surface area contributed by atoms with Crippen LogP contribution in [0, 0.1) is 5.92 Å². The smallest absolute Gasteiger partial charge is 0.0595 e. The second-order valence-corrected chi connectivity index (χ2v) is 5.01. The van der Waals surface area contributed by atoms with Crippen molar-refractivity contribution in [2.75, 3.05) is 33.3 Å². The highest BCUT2D eigenvalue weighted by atomic mass is 16.5. The Bertz CT molecular complexity index is 190. The van der Waals surface area contributed by atoms with Crippen LogP contribution in [-0.2, 0) is 4.74 Å². The van der Waals surface area contributed by atoms with Crippen molar-refractivity contribution in [3.8, 4) is 0 Å². The van der Waals surface area contributed by atoms with Gasteiger partial charge in [0.2, 0.25) is 0 Å². The van der Waals surface area contributed by atoms with Crippen LogP contribution < -0.4 is 5.32 Å². The molecular formula is C12H24N2O. The molecule has 0 amide bonds. The predicted octanol–water partition coefficient (Wildman–Crippen LogP) is 1.10. The Morgan fingerprint density at radius 1 is 1.20 bits per heavy atom. The lowest BCUT2D eigenvalue weighted by atomic mass is 9.92. The van der Waals surface area contributed by atoms with Crippen LogP contribution in [0.4, 0.5) is 0 Å². The zero-order chi connectivity index (χ0) is 10.7. The van der Waals surface area contributed by atoms with E-state index < -0.39 is 0 Å². The Morgan fingerprint density at radius 3 is 2.53 bits per heavy atom. The molecule has 0 saturated carbocycles. The minimum atomic E-state index is 0.512. The molecule has 2 saturated heterocycles. The van der Waals surface area contributed by atoms with Crippen molar-refractivity contribution >= 4 is 0 Å². The van der Waals surface area contributed by atoms with Crippen molar-refractivity contribution in [3.63, 3.8) is 0 Å². The molecule has 3 nitrogen and oxygen atoms in total. The maximum Gasteiger partial charge on any atom is 0.0595 e. The standard InChI is InChI=1S/C12H24N2O/c1-10-9-13-6-3-12(10)14-7-4-11(15-2)5-8-14/h10-13H,3-9H2,1-2H3. The average molecular weight is 212 g/mol. The SMILES string of the molecule is COC1CCN(C2CCNCC2C)CC1. The fraction of sp³-hybridized carbons (Fsp3) is 1.00. The minimum Gasteiger partial charge on any atom is -0.381 e. The molecule has 2 rings (SSSR count). The second-order valence-electron chi connectivity index (χ2n) is 5.01. The molecule has 2 fully saturated rings. The number of hydrogen-bond acceptors (Lipinski definition) is 3. The molecule has 3 heteroatoms. The minimum absolute atomic E-state index is 0.512. The van der Waals surface area contributed by atoms with E-state index in [4.69, 9.17) is 4.74 Å². The molecule has 2 atom stereocenters. The Labute approximate surface area is 93.2 Å². The van der Waals surface area contributed by atoms with Crippen LogP contribution in [0.3, 0.4) is 0 Å². The number of methoxy groups -OCH3 is 1. The molecule has 0 aromatic heterocycles. The van der Waals surface area contributed by atoms with E-state index in [0.717, 1.165) is 12.0 Å². The summed E-state index contributed by atoms with van der Waals surface area (Å²) in [5.74, 6) is 0.804. The van der Waals surface area contributed by atoms with Gasteiger partial charge in [0.05, 0.1) is 6.10 Å². The lowest BCUT2D eigenvalue weighted by Crippen LogP contribution is -2.51. The van der Waals surface area contributed by atoms with Crippen LogP contribution in [0.15, 0.2) is 0 Å². The van der Waals surface area contributed by atoms with Gasteiger partial charge >= 0.3 is 0 Å². The summed E-state index contributed by atoms with van der Waals surface area (Å²) in [7, 11) is 1.84. The third kappa shape index (κ3) is 2.71. The fourth-order valence-electron chi connectivity index (χ4n) is 2.99. The van der Waals surface area contributed by atoms with Gasteiger partial charge < -0.3 is 10.1 Å². The number of nitrogens with zero attached hydrogens (tertiary/aromatic N) is 1. The van der Waals surface area contributed by atoms with Gasteiger partial charge in [0, 0.05) is 26.2 Å². The number of hydrogen-bond donors (Lipinski definition) is 1. The summed E-state index contributed by atoms with van der Waals surface area (Å²) in [4.78, 5) is 2.68. The van der Waals surface area contributed by atoms with Crippen molar-refractivity contribution < 1.29 is 4.74 Å². The summed E-state index contributed by atoms with van der Waals surface area (Å²) in [5.41, 5.74) is 0. The molecule has 0 aromatic carbocycles. The van der Waals surface area contributed by atoms with E-state index in [-0.39, 0.29) is 0 Å². The van der Waals surface area contributed by atoms with Gasteiger partial charge in [0.1, 0.15) is 0 Å². The topological polar surface area (TPSA) is 24.5 Å². The number of likely N-dealkylation sites (tertiary alicyclic amines) is 1. The first kappa shape index (κ1) is 11.4. The molecule has 0 bridgehead atoms. The van der Waals surface area contributed by atoms with E-state index in [9.17, 15) is 0 Å². The molecule has 0 radical (unpaired) electrons. The summed E-state index contributed by atoms with van der Waals surface area (Å²) in [6.07, 6.45) is 4.26. The monoisotopic (exact) mass is 212 g/mol. The van der Waals surface area contributed by atoms with Crippen LogP contribution in [0.1, 0.15) is 26.2 Å². The van der Waals surface area contributed by atoms with Gasteiger partial charge in [-0.3, -0.25) is 4.90 Å². The summed E-state index contributed by atoms with van der Waals surface area (Å²) < 4.78 is 5.41. The highest BCUT2D eigenvalue weighted by Gasteiger charge is 2.29. The molecule has 0 aromatic rings. The van der Waals surface area contributed by atoms with Crippen molar-refractivity contribution in [1.82, 2.24) is 10.2 Å². The van der Waals surface area contributed by atoms with E-state index in [1.165, 1.54) is 45.4 Å². The van der Waals surface area contributed by atoms with Gasteiger partial charge in [-0.25, -0.2) is 0 Å². The third-order valence-electron chi connectivity index (χ3n) is 4.02. The summed E-state index contributed by atoms with van der Waals surface area (Å²) in [5, 5.41) is 3.47. The zero-order valence-electron chi connectivity index (χ0n) is 10.0. The molecule has 2 unspecified atom stereocenters. The van der Waals surface area contributed by atoms with Crippen LogP contribution in [0.25, 0.3) is 0 Å². The van der Waals surface area contributed by atoms with Crippen LogP contribution in [0.2, 0.25) is 0 Å². The average Bonchev–Trinajstić information content (AvgIpc) is 2.30. The van der Waals surface area contributed by atoms with Gasteiger partial charge in [-0.2, -0.15) is 0 Å². The fourth-order valence-corrected chi connectivity index (χ4v) is 2.99. The van der Waals surface area contributed by atoms with Crippen LogP contribution in [0.5, 0.6) is 0 Å². The first-order valence-electron chi connectivity index (χ1n) is 6.29. The van der Waals surface area contributed by atoms with E-state index in [2.05, 4.69) is 17.1 Å². The number of rotatable bonds is 2. The van der Waals surface area contributed by atoms with Gasteiger partial charge in [-0.15, -0.1) is 0 Å². The largest absolute Gasteiger partial charge is 0.381 e. The normalized spacial score (nSPS) is 35.6. The lowest BCUT2D eigenvalue weighted by molar-refractivity contribution is 0.0123. The molecule has 88 valence electrons. The third-order valence-corrected chi connectivity index (χ3v) is 4.02. The lowest BCUT2D eigenvalue weighted by Gasteiger charge is -2.42. The first-order chi connectivity index (χ1) is 7.31. The maximum absolute atomic E-state index is 5.41. The van der Waals surface area contributed by atoms with Crippen molar-refractivity contribution in [1.29, 1.82) is 0 Å². The van der Waals surface area contributed by atoms with Gasteiger partial charge in [0.25, 0.3) is 0 Å². The highest BCUT2D eigenvalue weighted by Crippen LogP contribution is 2.22. The Morgan fingerprint density at radius 2 is 1.93 bits per heavy atom. The van der Waals surface area contributed by atoms with E-state index in [1.54, 1.807) is 0 Å². The zero-order valence-corrected chi connectivity index (χ0v) is 10.0. The number of nitrogens with one attached hydrogen (secondary N) is 1. The molecular weight excluding hydrogens is 188 g/mol. The van der Waals surface area contributed by atoms with Crippen molar-refractivity contribution in [2.24, 2.45) is 5.92 Å². The summed E-state index contributed by atoms with van der Waals surface area (Å²) in [6.45, 7) is 7.22. The van der Waals surface area contributed by atoms with Crippen molar-refractivity contribution in [2.45, 2.75) is 38.3 Å². The second kappa shape index (κ2) is 5.28. The highest BCUT2D eigenvalue weighted by molar-refractivity contribution is 4.86. The maximum atomic E-state index is 5.41. The number of piperidine rings is 2. The van der Waals surface area contributed by atoms with E-state index in [0.29, 0.717) is 6.10 Å². The van der Waals surface area contributed by atoms with E-state index in [1.807, 2.05) is 7.11 Å². The Balaban J connectivity index is 1.83. The molecule has 2 aliphatic rings. The molecule has 0 aliphatic carbocycles. The molecule has 15 heavy (non-hydrogen) atoms. The van der Waals surface area contributed by atoms with Gasteiger partial charge in [-0.1, -0.05) is 6.92 Å². The molecule has 1 N–H and O–H groups in total. The van der Waals surface area contributed by atoms with Gasteiger partial charge in [0.15, 0.2) is 0 Å². The summed E-state index contributed by atoms with van der Waals surface area (Å²) in [6, 6.07) is 0.809. The Hall–Kier alpha value is -0.120. The first-order valence-corrected chi connectivity index (χ1v) is 6.29.